The van der Waals surface area contributed by atoms with Crippen molar-refractivity contribution in [3.63, 3.8) is 0 Å². The average molecular weight is 317 g/mol. The van der Waals surface area contributed by atoms with Gasteiger partial charge in [0.2, 0.25) is 0 Å². The maximum Gasteiger partial charge on any atom is 0.0494 e. The van der Waals surface area contributed by atoms with E-state index in [0.717, 1.165) is 22.9 Å². The van der Waals surface area contributed by atoms with Crippen LogP contribution in [-0.2, 0) is 5.88 Å². The van der Waals surface area contributed by atoms with E-state index in [-0.39, 0.29) is 0 Å². The second-order valence-electron chi connectivity index (χ2n) is 5.15. The first-order valence-electron chi connectivity index (χ1n) is 6.21. The van der Waals surface area contributed by atoms with Crippen LogP contribution in [0.1, 0.15) is 25.8 Å². The number of nitrogens with zero attached hydrogens (tertiary/aromatic N) is 1. The molecule has 1 atom stereocenters. The van der Waals surface area contributed by atoms with Crippen LogP contribution in [0.15, 0.2) is 22.7 Å². The Balaban J connectivity index is 2.18. The van der Waals surface area contributed by atoms with Gasteiger partial charge in [-0.2, -0.15) is 0 Å². The highest BCUT2D eigenvalue weighted by Crippen LogP contribution is 2.32. The predicted octanol–water partition coefficient (Wildman–Crippen LogP) is 4.67. The Morgan fingerprint density at radius 3 is 2.82 bits per heavy atom. The molecule has 0 aliphatic carbocycles. The van der Waals surface area contributed by atoms with Gasteiger partial charge in [-0.1, -0.05) is 29.8 Å². The second kappa shape index (κ2) is 5.62. The van der Waals surface area contributed by atoms with Crippen molar-refractivity contribution in [3.05, 3.63) is 28.2 Å². The van der Waals surface area contributed by atoms with E-state index in [4.69, 9.17) is 11.6 Å². The lowest BCUT2D eigenvalue weighted by atomic mass is 9.95. The Morgan fingerprint density at radius 1 is 1.47 bits per heavy atom. The van der Waals surface area contributed by atoms with Gasteiger partial charge in [0, 0.05) is 29.1 Å². The summed E-state index contributed by atoms with van der Waals surface area (Å²) in [6, 6.07) is 6.42. The monoisotopic (exact) mass is 315 g/mol. The SMILES string of the molecule is CC(C)C1CCN(c2ccc(Br)cc2CCl)C1. The lowest BCUT2D eigenvalue weighted by molar-refractivity contribution is 0.422. The molecule has 94 valence electrons. The topological polar surface area (TPSA) is 3.24 Å². The molecule has 1 aliphatic rings. The van der Waals surface area contributed by atoms with Gasteiger partial charge in [-0.05, 0) is 42.0 Å². The van der Waals surface area contributed by atoms with E-state index in [1.165, 1.54) is 24.2 Å². The molecule has 1 heterocycles. The van der Waals surface area contributed by atoms with E-state index >= 15 is 0 Å². The summed E-state index contributed by atoms with van der Waals surface area (Å²) in [6.45, 7) is 6.97. The summed E-state index contributed by atoms with van der Waals surface area (Å²) in [6.07, 6.45) is 1.30. The van der Waals surface area contributed by atoms with Crippen LogP contribution >= 0.6 is 27.5 Å². The van der Waals surface area contributed by atoms with E-state index in [2.05, 4.69) is 52.9 Å². The molecule has 1 nitrogen and oxygen atoms in total. The van der Waals surface area contributed by atoms with Crippen LogP contribution in [0.3, 0.4) is 0 Å². The number of halogens is 2. The highest BCUT2D eigenvalue weighted by molar-refractivity contribution is 9.10. The van der Waals surface area contributed by atoms with E-state index in [1.807, 2.05) is 0 Å². The third-order valence-electron chi connectivity index (χ3n) is 3.69. The van der Waals surface area contributed by atoms with Gasteiger partial charge in [-0.15, -0.1) is 11.6 Å². The number of anilines is 1. The van der Waals surface area contributed by atoms with Crippen LogP contribution in [-0.4, -0.2) is 13.1 Å². The van der Waals surface area contributed by atoms with Crippen LogP contribution in [0, 0.1) is 11.8 Å². The number of hydrogen-bond donors (Lipinski definition) is 0. The molecule has 1 unspecified atom stereocenters. The summed E-state index contributed by atoms with van der Waals surface area (Å²) in [4.78, 5) is 2.48. The van der Waals surface area contributed by atoms with E-state index in [9.17, 15) is 0 Å². The van der Waals surface area contributed by atoms with E-state index < -0.39 is 0 Å². The number of alkyl halides is 1. The molecule has 0 saturated carbocycles. The fourth-order valence-corrected chi connectivity index (χ4v) is 3.14. The first kappa shape index (κ1) is 13.2. The molecule has 0 radical (unpaired) electrons. The zero-order chi connectivity index (χ0) is 12.4. The largest absolute Gasteiger partial charge is 0.371 e. The molecule has 0 N–H and O–H groups in total. The molecule has 3 heteroatoms. The summed E-state index contributed by atoms with van der Waals surface area (Å²) in [5.74, 6) is 2.18. The summed E-state index contributed by atoms with van der Waals surface area (Å²) in [7, 11) is 0. The van der Waals surface area contributed by atoms with Crippen LogP contribution in [0.25, 0.3) is 0 Å². The minimum absolute atomic E-state index is 0.581. The highest BCUT2D eigenvalue weighted by Gasteiger charge is 2.26. The summed E-state index contributed by atoms with van der Waals surface area (Å²) in [5.41, 5.74) is 2.54. The second-order valence-corrected chi connectivity index (χ2v) is 6.33. The van der Waals surface area contributed by atoms with Crippen molar-refractivity contribution in [3.8, 4) is 0 Å². The minimum atomic E-state index is 0.581. The van der Waals surface area contributed by atoms with Crippen LogP contribution in [0.2, 0.25) is 0 Å². The van der Waals surface area contributed by atoms with Crippen molar-refractivity contribution in [1.29, 1.82) is 0 Å². The van der Waals surface area contributed by atoms with Gasteiger partial charge in [0.25, 0.3) is 0 Å². The Hall–Kier alpha value is -0.210. The molecule has 0 amide bonds. The molecule has 1 fully saturated rings. The highest BCUT2D eigenvalue weighted by atomic mass is 79.9. The first-order valence-corrected chi connectivity index (χ1v) is 7.54. The quantitative estimate of drug-likeness (QED) is 0.732. The number of rotatable bonds is 3. The first-order chi connectivity index (χ1) is 8.11. The van der Waals surface area contributed by atoms with Crippen LogP contribution in [0.5, 0.6) is 0 Å². The molecule has 1 aromatic rings. The van der Waals surface area contributed by atoms with E-state index in [1.54, 1.807) is 0 Å². The molecular formula is C14H19BrClN. The average Bonchev–Trinajstić information content (AvgIpc) is 2.78. The zero-order valence-corrected chi connectivity index (χ0v) is 12.8. The van der Waals surface area contributed by atoms with Gasteiger partial charge in [0.05, 0.1) is 0 Å². The molecule has 0 bridgehead atoms. The van der Waals surface area contributed by atoms with Gasteiger partial charge in [0.15, 0.2) is 0 Å². The van der Waals surface area contributed by atoms with Crippen molar-refractivity contribution in [2.45, 2.75) is 26.1 Å². The Morgan fingerprint density at radius 2 is 2.24 bits per heavy atom. The lowest BCUT2D eigenvalue weighted by Gasteiger charge is -2.22. The number of hydrogen-bond acceptors (Lipinski definition) is 1. The lowest BCUT2D eigenvalue weighted by Crippen LogP contribution is -2.22. The summed E-state index contributed by atoms with van der Waals surface area (Å²) >= 11 is 9.54. The van der Waals surface area contributed by atoms with Crippen molar-refractivity contribution >= 4 is 33.2 Å². The van der Waals surface area contributed by atoms with Crippen LogP contribution in [0.4, 0.5) is 5.69 Å². The van der Waals surface area contributed by atoms with Crippen molar-refractivity contribution in [1.82, 2.24) is 0 Å². The smallest absolute Gasteiger partial charge is 0.0494 e. The maximum atomic E-state index is 6.03. The Kier molecular flexibility index (Phi) is 4.37. The third kappa shape index (κ3) is 2.97. The third-order valence-corrected chi connectivity index (χ3v) is 4.47. The Bertz CT molecular complexity index is 392. The molecule has 2 rings (SSSR count). The normalized spacial score (nSPS) is 20.3. The Labute approximate surface area is 117 Å². The van der Waals surface area contributed by atoms with Crippen molar-refractivity contribution in [2.24, 2.45) is 11.8 Å². The fourth-order valence-electron chi connectivity index (χ4n) is 2.52. The van der Waals surface area contributed by atoms with Gasteiger partial charge < -0.3 is 4.90 Å². The molecule has 17 heavy (non-hydrogen) atoms. The molecule has 1 aliphatic heterocycles. The van der Waals surface area contributed by atoms with Gasteiger partial charge in [0.1, 0.15) is 0 Å². The fraction of sp³-hybridized carbons (Fsp3) is 0.571. The molecule has 1 aromatic carbocycles. The molecule has 1 saturated heterocycles. The summed E-state index contributed by atoms with van der Waals surface area (Å²) in [5, 5.41) is 0. The molecule has 0 aromatic heterocycles. The molecule has 0 spiro atoms. The summed E-state index contributed by atoms with van der Waals surface area (Å²) < 4.78 is 1.11. The van der Waals surface area contributed by atoms with E-state index in [0.29, 0.717) is 5.88 Å². The van der Waals surface area contributed by atoms with Crippen molar-refractivity contribution < 1.29 is 0 Å². The molecular weight excluding hydrogens is 298 g/mol. The van der Waals surface area contributed by atoms with Gasteiger partial charge >= 0.3 is 0 Å². The zero-order valence-electron chi connectivity index (χ0n) is 10.4. The predicted molar refractivity (Wildman–Crippen MR) is 78.9 cm³/mol. The minimum Gasteiger partial charge on any atom is -0.371 e. The maximum absolute atomic E-state index is 6.03. The standard InChI is InChI=1S/C14H19BrClN/c1-10(2)11-5-6-17(9-11)14-4-3-13(15)7-12(14)8-16/h3-4,7,10-11H,5-6,8-9H2,1-2H3. The van der Waals surface area contributed by atoms with Crippen LogP contribution < -0.4 is 4.90 Å². The number of benzene rings is 1. The van der Waals surface area contributed by atoms with Gasteiger partial charge in [-0.25, -0.2) is 0 Å². The van der Waals surface area contributed by atoms with Crippen molar-refractivity contribution in [2.75, 3.05) is 18.0 Å². The van der Waals surface area contributed by atoms with Gasteiger partial charge in [-0.3, -0.25) is 0 Å².